The number of nitrogens with zero attached hydrogens (tertiary/aromatic N) is 1. The Balaban J connectivity index is 0. The van der Waals surface area contributed by atoms with E-state index in [0.717, 1.165) is 16.7 Å². The molecule has 0 aliphatic heterocycles. The zero-order chi connectivity index (χ0) is 18.4. The van der Waals surface area contributed by atoms with Crippen molar-refractivity contribution in [2.75, 3.05) is 6.61 Å². The molecule has 0 bridgehead atoms. The Hall–Kier alpha value is -2.31. The average molecular weight is 366 g/mol. The van der Waals surface area contributed by atoms with Gasteiger partial charge in [0.2, 0.25) is 0 Å². The van der Waals surface area contributed by atoms with Crippen LogP contribution >= 0.6 is 12.4 Å². The molecular weight excluding hydrogens is 342 g/mol. The van der Waals surface area contributed by atoms with Crippen molar-refractivity contribution >= 4 is 23.8 Å². The van der Waals surface area contributed by atoms with E-state index < -0.39 is 0 Å². The quantitative estimate of drug-likeness (QED) is 0.278. The molecule has 0 saturated carbocycles. The minimum atomic E-state index is -0.220. The van der Waals surface area contributed by atoms with Gasteiger partial charge in [0.25, 0.3) is 0 Å². The third-order valence-electron chi connectivity index (χ3n) is 3.00. The maximum Gasteiger partial charge on any atom is 0.187 e. The molecule has 0 aliphatic carbocycles. The smallest absolute Gasteiger partial charge is 0.187 e. The Morgan fingerprint density at radius 3 is 1.64 bits per heavy atom. The number of aliphatic hydroxyl groups excluding tert-OH is 1. The molecule has 0 aliphatic rings. The Bertz CT molecular complexity index is 640. The molecule has 0 amide bonds. The summed E-state index contributed by atoms with van der Waals surface area (Å²) in [7, 11) is 0. The van der Waals surface area contributed by atoms with Crippen molar-refractivity contribution in [1.82, 2.24) is 0 Å². The van der Waals surface area contributed by atoms with E-state index in [1.807, 2.05) is 24.3 Å². The van der Waals surface area contributed by atoms with E-state index in [4.69, 9.17) is 33.8 Å². The molecule has 25 heavy (non-hydrogen) atoms. The molecule has 0 saturated heterocycles. The van der Waals surface area contributed by atoms with Gasteiger partial charge in [0.15, 0.2) is 5.69 Å². The van der Waals surface area contributed by atoms with Crippen LogP contribution in [0.15, 0.2) is 48.5 Å². The van der Waals surface area contributed by atoms with Crippen molar-refractivity contribution in [3.63, 3.8) is 0 Å². The fourth-order valence-corrected chi connectivity index (χ4v) is 1.64. The summed E-state index contributed by atoms with van der Waals surface area (Å²) >= 11 is 0. The predicted molar refractivity (Wildman–Crippen MR) is 102 cm³/mol. The van der Waals surface area contributed by atoms with Gasteiger partial charge in [-0.15, -0.1) is 12.4 Å². The van der Waals surface area contributed by atoms with Gasteiger partial charge in [-0.2, -0.15) is 0 Å². The number of rotatable bonds is 4. The number of hydrogen-bond donors (Lipinski definition) is 6. The van der Waals surface area contributed by atoms with E-state index >= 15 is 0 Å². The minimum absolute atomic E-state index is 0. The van der Waals surface area contributed by atoms with Crippen LogP contribution in [-0.2, 0) is 13.1 Å². The fourth-order valence-electron chi connectivity index (χ4n) is 1.64. The zero-order valence-electron chi connectivity index (χ0n) is 13.7. The molecule has 8 heteroatoms. The van der Waals surface area contributed by atoms with Crippen LogP contribution in [-0.4, -0.2) is 22.6 Å². The van der Waals surface area contributed by atoms with E-state index in [2.05, 4.69) is 10.7 Å². The lowest BCUT2D eigenvalue weighted by atomic mass is 10.1. The topological polar surface area (TPSA) is 147 Å². The van der Waals surface area contributed by atoms with Crippen LogP contribution in [0, 0.1) is 12.0 Å². The number of halogens is 1. The highest BCUT2D eigenvalue weighted by Gasteiger charge is 1.98. The summed E-state index contributed by atoms with van der Waals surface area (Å²) in [6.07, 6.45) is 0. The fraction of sp³-hybridized carbons (Fsp3) is 0.176. The molecule has 0 radical (unpaired) electrons. The maximum absolute atomic E-state index is 8.67. The Labute approximate surface area is 153 Å². The summed E-state index contributed by atoms with van der Waals surface area (Å²) in [5.41, 5.74) is 14.5. The van der Waals surface area contributed by atoms with Crippen LogP contribution in [0.1, 0.15) is 16.7 Å². The monoisotopic (exact) mass is 365 g/mol. The highest BCUT2D eigenvalue weighted by Crippen LogP contribution is 2.11. The van der Waals surface area contributed by atoms with Crippen molar-refractivity contribution in [2.24, 2.45) is 17.4 Å². The van der Waals surface area contributed by atoms with Crippen molar-refractivity contribution in [3.8, 4) is 0 Å². The van der Waals surface area contributed by atoms with Gasteiger partial charge in [-0.1, -0.05) is 48.5 Å². The number of hydrogen-bond acceptors (Lipinski definition) is 6. The van der Waals surface area contributed by atoms with Gasteiger partial charge >= 0.3 is 0 Å². The van der Waals surface area contributed by atoms with Gasteiger partial charge < -0.3 is 27.2 Å². The second kappa shape index (κ2) is 15.2. The second-order valence-electron chi connectivity index (χ2n) is 4.52. The van der Waals surface area contributed by atoms with Crippen LogP contribution in [0.25, 0.3) is 4.85 Å². The molecule has 2 aromatic rings. The van der Waals surface area contributed by atoms with Gasteiger partial charge in [0, 0.05) is 13.1 Å². The van der Waals surface area contributed by atoms with E-state index in [1.54, 1.807) is 24.3 Å². The van der Waals surface area contributed by atoms with E-state index in [1.165, 1.54) is 0 Å². The van der Waals surface area contributed by atoms with Crippen molar-refractivity contribution < 1.29 is 10.3 Å². The van der Waals surface area contributed by atoms with Crippen LogP contribution in [0.3, 0.4) is 0 Å². The largest absolute Gasteiger partial charge is 0.390 e. The van der Waals surface area contributed by atoms with E-state index in [9.17, 15) is 0 Å². The number of aliphatic hydroxyl groups is 1. The van der Waals surface area contributed by atoms with Crippen LogP contribution in [0.4, 0.5) is 5.69 Å². The molecule has 0 atom stereocenters. The molecule has 0 aromatic heterocycles. The van der Waals surface area contributed by atoms with Crippen LogP contribution < -0.4 is 17.4 Å². The zero-order valence-corrected chi connectivity index (χ0v) is 14.5. The number of nitrogens with two attached hydrogens (primary N) is 3. The molecule has 0 fully saturated rings. The van der Waals surface area contributed by atoms with Crippen LogP contribution in [0.5, 0.6) is 0 Å². The molecule has 0 spiro atoms. The second-order valence-corrected chi connectivity index (χ2v) is 4.52. The predicted octanol–water partition coefficient (Wildman–Crippen LogP) is 1.96. The number of benzene rings is 2. The third kappa shape index (κ3) is 9.54. The normalized spacial score (nSPS) is 8.48. The molecule has 0 heterocycles. The van der Waals surface area contributed by atoms with Crippen molar-refractivity contribution in [1.29, 1.82) is 5.41 Å². The average Bonchev–Trinajstić information content (AvgIpc) is 2.69. The summed E-state index contributed by atoms with van der Waals surface area (Å²) in [6.45, 7) is 7.49. The standard InChI is InChI=1S/C9H12N2O.C8H8N2.ClH.H3NO/c10-5-7-1-3-8(4-2-7)9(11)6-12;1-10-8-4-2-7(6-9)3-5-8;;1-2/h1-4,11-12H,5-6,10H2;2-5H,6,9H2;1H;2H,1H2. The third-order valence-corrected chi connectivity index (χ3v) is 3.00. The van der Waals surface area contributed by atoms with Gasteiger partial charge in [-0.3, -0.25) is 0 Å². The summed E-state index contributed by atoms with van der Waals surface area (Å²) in [6, 6.07) is 14.6. The van der Waals surface area contributed by atoms with Gasteiger partial charge in [-0.05, 0) is 16.7 Å². The molecule has 2 rings (SSSR count). The highest BCUT2D eigenvalue weighted by atomic mass is 35.5. The van der Waals surface area contributed by atoms with Crippen molar-refractivity contribution in [3.05, 3.63) is 76.6 Å². The van der Waals surface area contributed by atoms with E-state index in [0.29, 0.717) is 18.8 Å². The molecule has 0 unspecified atom stereocenters. The highest BCUT2D eigenvalue weighted by molar-refractivity contribution is 5.98. The summed E-state index contributed by atoms with van der Waals surface area (Å²) in [4.78, 5) is 3.26. The van der Waals surface area contributed by atoms with Gasteiger partial charge in [-0.25, -0.2) is 10.7 Å². The van der Waals surface area contributed by atoms with Gasteiger partial charge in [0.1, 0.15) is 0 Å². The van der Waals surface area contributed by atoms with E-state index in [-0.39, 0.29) is 24.7 Å². The molecule has 9 N–H and O–H groups in total. The Morgan fingerprint density at radius 1 is 0.920 bits per heavy atom. The molecule has 7 nitrogen and oxygen atoms in total. The first-order chi connectivity index (χ1) is 11.6. The van der Waals surface area contributed by atoms with Gasteiger partial charge in [0.05, 0.1) is 18.9 Å². The summed E-state index contributed by atoms with van der Waals surface area (Å²) in [5.74, 6) is 3.50. The lowest BCUT2D eigenvalue weighted by molar-refractivity contribution is 0.311. The summed E-state index contributed by atoms with van der Waals surface area (Å²) in [5, 5.41) is 22.5. The summed E-state index contributed by atoms with van der Waals surface area (Å²) < 4.78 is 0. The first kappa shape index (κ1) is 24.9. The minimum Gasteiger partial charge on any atom is -0.390 e. The van der Waals surface area contributed by atoms with Crippen LogP contribution in [0.2, 0.25) is 0 Å². The first-order valence-corrected chi connectivity index (χ1v) is 7.04. The Morgan fingerprint density at radius 2 is 1.32 bits per heavy atom. The van der Waals surface area contributed by atoms with Crippen molar-refractivity contribution in [2.45, 2.75) is 13.1 Å². The maximum atomic E-state index is 8.67. The Kier molecular flexibility index (Phi) is 15.2. The lowest BCUT2D eigenvalue weighted by Gasteiger charge is -2.01. The molecule has 2 aromatic carbocycles. The first-order valence-electron chi connectivity index (χ1n) is 7.04. The lowest BCUT2D eigenvalue weighted by Crippen LogP contribution is -2.04. The number of nitrogens with one attached hydrogen (secondary N) is 1. The molecular formula is C17H24ClN5O2. The SMILES string of the molecule is Cl.N=C(CO)c1ccc(CN)cc1.NO.[C-]#[N+]c1ccc(CN)cc1. The molecule has 136 valence electrons.